The molecule has 60 heavy (non-hydrogen) atoms. The molecule has 0 radical (unpaired) electrons. The van der Waals surface area contributed by atoms with Gasteiger partial charge in [-0.2, -0.15) is 5.26 Å². The summed E-state index contributed by atoms with van der Waals surface area (Å²) in [6, 6.07) is 74.2. The fourth-order valence-corrected chi connectivity index (χ4v) is 8.57. The molecule has 0 fully saturated rings. The summed E-state index contributed by atoms with van der Waals surface area (Å²) in [4.78, 5) is 14.7. The van der Waals surface area contributed by atoms with Crippen LogP contribution >= 0.6 is 0 Å². The molecule has 10 aromatic rings. The number of benzene rings is 9. The molecule has 1 aliphatic carbocycles. The van der Waals surface area contributed by atoms with E-state index in [4.69, 9.17) is 15.0 Å². The van der Waals surface area contributed by atoms with E-state index in [1.807, 2.05) is 72.8 Å². The monoisotopic (exact) mass is 762 g/mol. The van der Waals surface area contributed by atoms with E-state index in [1.54, 1.807) is 0 Å². The minimum atomic E-state index is 0.636. The van der Waals surface area contributed by atoms with Gasteiger partial charge >= 0.3 is 0 Å². The summed E-state index contributed by atoms with van der Waals surface area (Å²) in [5, 5.41) is 12.0. The summed E-state index contributed by atoms with van der Waals surface area (Å²) in [5.74, 6) is 1.93. The predicted molar refractivity (Wildman–Crippen MR) is 245 cm³/mol. The van der Waals surface area contributed by atoms with Gasteiger partial charge in [0.2, 0.25) is 0 Å². The molecule has 0 unspecified atom stereocenters. The fraction of sp³-hybridized carbons (Fsp3) is 0. The Morgan fingerprint density at radius 2 is 0.617 bits per heavy atom. The molecule has 0 atom stereocenters. The van der Waals surface area contributed by atoms with Crippen LogP contribution in [0, 0.1) is 11.3 Å². The largest absolute Gasteiger partial charge is 0.208 e. The maximum Gasteiger partial charge on any atom is 0.164 e. The first-order valence-electron chi connectivity index (χ1n) is 20.1. The molecule has 1 heterocycles. The van der Waals surface area contributed by atoms with Crippen LogP contribution < -0.4 is 0 Å². The number of aromatic nitrogens is 3. The normalized spacial score (nSPS) is 11.3. The van der Waals surface area contributed by atoms with Gasteiger partial charge in [0.25, 0.3) is 0 Å². The smallest absolute Gasteiger partial charge is 0.164 e. The molecule has 0 amide bonds. The number of fused-ring (bicyclic) bond motifs is 3. The number of rotatable bonds is 7. The molecule has 0 aliphatic heterocycles. The second-order valence-electron chi connectivity index (χ2n) is 15.1. The molecule has 4 nitrogen and oxygen atoms in total. The highest BCUT2D eigenvalue weighted by molar-refractivity contribution is 6.22. The van der Waals surface area contributed by atoms with Crippen LogP contribution in [0.25, 0.3) is 112 Å². The third-order valence-corrected chi connectivity index (χ3v) is 11.6. The van der Waals surface area contributed by atoms with Crippen LogP contribution in [0.4, 0.5) is 0 Å². The predicted octanol–water partition coefficient (Wildman–Crippen LogP) is 14.2. The quantitative estimate of drug-likeness (QED) is 0.162. The van der Waals surface area contributed by atoms with Crippen LogP contribution in [0.5, 0.6) is 0 Å². The maximum absolute atomic E-state index is 9.49. The summed E-state index contributed by atoms with van der Waals surface area (Å²) >= 11 is 0. The maximum atomic E-state index is 9.49. The standard InChI is InChI=1S/C56H34N4/c57-35-36-18-20-39(21-19-36)46-30-32-50-48-16-7-8-17-49(48)51-33-31-47(52(46)53(50)51)40-26-22-37(23-27-40)44-14-9-15-45(34-44)38-24-28-43(29-25-38)56-59-54(41-10-3-1-4-11-41)58-55(60-56)42-12-5-2-6-13-42/h1-34H. The van der Waals surface area contributed by atoms with Crippen LogP contribution in [-0.4, -0.2) is 15.0 Å². The van der Waals surface area contributed by atoms with Crippen molar-refractivity contribution < 1.29 is 0 Å². The molecular formula is C56H34N4. The topological polar surface area (TPSA) is 62.5 Å². The van der Waals surface area contributed by atoms with Gasteiger partial charge in [-0.1, -0.05) is 188 Å². The van der Waals surface area contributed by atoms with E-state index in [1.165, 1.54) is 38.6 Å². The molecule has 1 aliphatic rings. The van der Waals surface area contributed by atoms with Crippen LogP contribution in [-0.2, 0) is 0 Å². The highest BCUT2D eigenvalue weighted by atomic mass is 15.0. The summed E-state index contributed by atoms with van der Waals surface area (Å²) in [6.07, 6.45) is 0. The zero-order valence-electron chi connectivity index (χ0n) is 32.4. The lowest BCUT2D eigenvalue weighted by Gasteiger charge is -2.15. The van der Waals surface area contributed by atoms with Gasteiger partial charge in [-0.05, 0) is 95.7 Å². The third kappa shape index (κ3) is 6.14. The van der Waals surface area contributed by atoms with Crippen molar-refractivity contribution in [3.8, 4) is 107 Å². The number of nitrogens with zero attached hydrogens (tertiary/aromatic N) is 4. The highest BCUT2D eigenvalue weighted by Crippen LogP contribution is 2.52. The van der Waals surface area contributed by atoms with Crippen molar-refractivity contribution in [2.45, 2.75) is 0 Å². The van der Waals surface area contributed by atoms with Crippen molar-refractivity contribution >= 4 is 10.8 Å². The Morgan fingerprint density at radius 3 is 1.08 bits per heavy atom. The zero-order valence-corrected chi connectivity index (χ0v) is 32.4. The van der Waals surface area contributed by atoms with Crippen LogP contribution in [0.1, 0.15) is 5.56 Å². The molecule has 1 aromatic heterocycles. The molecule has 278 valence electrons. The first kappa shape index (κ1) is 34.9. The molecule has 4 heteroatoms. The number of hydrogen-bond donors (Lipinski definition) is 0. The van der Waals surface area contributed by atoms with Gasteiger partial charge in [0.15, 0.2) is 17.5 Å². The Morgan fingerprint density at radius 1 is 0.267 bits per heavy atom. The van der Waals surface area contributed by atoms with Crippen molar-refractivity contribution in [3.05, 3.63) is 212 Å². The minimum absolute atomic E-state index is 0.636. The first-order valence-corrected chi connectivity index (χ1v) is 20.1. The first-order chi connectivity index (χ1) is 29.7. The van der Waals surface area contributed by atoms with E-state index in [2.05, 4.69) is 140 Å². The van der Waals surface area contributed by atoms with E-state index in [0.29, 0.717) is 23.0 Å². The van der Waals surface area contributed by atoms with E-state index in [9.17, 15) is 5.26 Å². The lowest BCUT2D eigenvalue weighted by molar-refractivity contribution is 1.07. The number of nitriles is 1. The Labute approximate surface area is 348 Å². The van der Waals surface area contributed by atoms with Crippen LogP contribution in [0.2, 0.25) is 0 Å². The van der Waals surface area contributed by atoms with E-state index < -0.39 is 0 Å². The third-order valence-electron chi connectivity index (χ3n) is 11.6. The summed E-state index contributed by atoms with van der Waals surface area (Å²) < 4.78 is 0. The van der Waals surface area contributed by atoms with Gasteiger partial charge in [0.1, 0.15) is 0 Å². The van der Waals surface area contributed by atoms with E-state index in [-0.39, 0.29) is 0 Å². The van der Waals surface area contributed by atoms with Gasteiger partial charge in [-0.3, -0.25) is 0 Å². The van der Waals surface area contributed by atoms with Crippen molar-refractivity contribution in [1.29, 1.82) is 5.26 Å². The van der Waals surface area contributed by atoms with Crippen molar-refractivity contribution in [2.75, 3.05) is 0 Å². The summed E-state index contributed by atoms with van der Waals surface area (Å²) in [7, 11) is 0. The SMILES string of the molecule is N#Cc1ccc(-c2ccc3c4c(ccc(-c5ccc(-c6cccc(-c7ccc(-c8nc(-c9ccccc9)nc(-c9ccccc9)n8)cc7)c6)cc5)c24)-c2ccccc2-3)cc1. The average molecular weight is 763 g/mol. The van der Waals surface area contributed by atoms with Crippen LogP contribution in [0.15, 0.2) is 206 Å². The Hall–Kier alpha value is -8.26. The zero-order chi connectivity index (χ0) is 40.0. The van der Waals surface area contributed by atoms with Gasteiger partial charge in [0.05, 0.1) is 11.6 Å². The van der Waals surface area contributed by atoms with Crippen molar-refractivity contribution in [1.82, 2.24) is 15.0 Å². The Bertz CT molecular complexity index is 3190. The summed E-state index contributed by atoms with van der Waals surface area (Å²) in [6.45, 7) is 0. The number of hydrogen-bond acceptors (Lipinski definition) is 4. The minimum Gasteiger partial charge on any atom is -0.208 e. The van der Waals surface area contributed by atoms with Crippen molar-refractivity contribution in [2.24, 2.45) is 0 Å². The van der Waals surface area contributed by atoms with Gasteiger partial charge in [-0.15, -0.1) is 0 Å². The average Bonchev–Trinajstić information content (AvgIpc) is 3.66. The van der Waals surface area contributed by atoms with Gasteiger partial charge in [0, 0.05) is 16.7 Å². The highest BCUT2D eigenvalue weighted by Gasteiger charge is 2.25. The summed E-state index contributed by atoms with van der Waals surface area (Å²) in [5.41, 5.74) is 17.7. The second kappa shape index (κ2) is 14.6. The fourth-order valence-electron chi connectivity index (χ4n) is 8.57. The molecule has 0 saturated carbocycles. The lowest BCUT2D eigenvalue weighted by atomic mass is 9.88. The molecule has 11 rings (SSSR count). The molecule has 0 bridgehead atoms. The Kier molecular flexibility index (Phi) is 8.50. The van der Waals surface area contributed by atoms with E-state index >= 15 is 0 Å². The molecular weight excluding hydrogens is 729 g/mol. The lowest BCUT2D eigenvalue weighted by Crippen LogP contribution is -2.00. The second-order valence-corrected chi connectivity index (χ2v) is 15.1. The molecule has 0 spiro atoms. The van der Waals surface area contributed by atoms with E-state index in [0.717, 1.165) is 55.6 Å². The molecule has 0 saturated heterocycles. The van der Waals surface area contributed by atoms with Gasteiger partial charge in [-0.25, -0.2) is 15.0 Å². The van der Waals surface area contributed by atoms with Crippen molar-refractivity contribution in [3.63, 3.8) is 0 Å². The van der Waals surface area contributed by atoms with Gasteiger partial charge < -0.3 is 0 Å². The van der Waals surface area contributed by atoms with Crippen LogP contribution in [0.3, 0.4) is 0 Å². The molecule has 0 N–H and O–H groups in total. The Balaban J connectivity index is 0.928. The molecule has 9 aromatic carbocycles.